The van der Waals surface area contributed by atoms with Gasteiger partial charge in [0.05, 0.1) is 20.3 Å². The highest BCUT2D eigenvalue weighted by atomic mass is 28.4. The molecule has 2 fully saturated rings. The first kappa shape index (κ1) is 30.1. The molecule has 1 amide bonds. The second-order valence-electron chi connectivity index (χ2n) is 12.4. The van der Waals surface area contributed by atoms with Crippen LogP contribution in [-0.4, -0.2) is 75.7 Å². The molecule has 0 aromatic carbocycles. The maximum atomic E-state index is 13.4. The lowest BCUT2D eigenvalue weighted by molar-refractivity contribution is -0.207. The van der Waals surface area contributed by atoms with Crippen molar-refractivity contribution in [3.8, 4) is 0 Å². The van der Waals surface area contributed by atoms with Crippen LogP contribution in [-0.2, 0) is 28.2 Å². The summed E-state index contributed by atoms with van der Waals surface area (Å²) >= 11 is 0. The zero-order valence-electron chi connectivity index (χ0n) is 23.5. The largest absolute Gasteiger partial charge is 0.469 e. The summed E-state index contributed by atoms with van der Waals surface area (Å²) in [5, 5.41) is 0.153. The van der Waals surface area contributed by atoms with Gasteiger partial charge in [0, 0.05) is 38.0 Å². The fourth-order valence-electron chi connectivity index (χ4n) is 4.57. The summed E-state index contributed by atoms with van der Waals surface area (Å²) in [6.45, 7) is 18.7. The number of ether oxygens (including phenoxy) is 4. The number of amides is 1. The topological polar surface area (TPSA) is 83.5 Å². The SMILES string of the molecule is COC(=O)CCC[C@H]1CC2(C[C@H](CCCO[Si](C)(C)C(C)(C)C)N1C(=O)OC(C)(C)C)OCCO2. The Hall–Kier alpha value is -1.16. The molecule has 9 heteroatoms. The monoisotopic (exact) mass is 515 g/mol. The van der Waals surface area contributed by atoms with Gasteiger partial charge >= 0.3 is 12.1 Å². The van der Waals surface area contributed by atoms with Crippen molar-refractivity contribution in [3.05, 3.63) is 0 Å². The number of methoxy groups -OCH3 is 1. The lowest BCUT2D eigenvalue weighted by Crippen LogP contribution is -2.59. The summed E-state index contributed by atoms with van der Waals surface area (Å²) < 4.78 is 29.3. The van der Waals surface area contributed by atoms with Crippen molar-refractivity contribution in [2.24, 2.45) is 0 Å². The van der Waals surface area contributed by atoms with Gasteiger partial charge in [0.2, 0.25) is 0 Å². The van der Waals surface area contributed by atoms with Crippen LogP contribution in [0, 0.1) is 0 Å². The average molecular weight is 516 g/mol. The Bertz CT molecular complexity index is 707. The highest BCUT2D eigenvalue weighted by Crippen LogP contribution is 2.42. The van der Waals surface area contributed by atoms with E-state index in [1.807, 2.05) is 25.7 Å². The van der Waals surface area contributed by atoms with Gasteiger partial charge in [-0.05, 0) is 64.6 Å². The van der Waals surface area contributed by atoms with Gasteiger partial charge in [-0.15, -0.1) is 0 Å². The Labute approximate surface area is 213 Å². The molecule has 0 aromatic heterocycles. The third kappa shape index (κ3) is 8.72. The first-order valence-corrected chi connectivity index (χ1v) is 16.0. The Morgan fingerprint density at radius 2 is 1.51 bits per heavy atom. The Balaban J connectivity index is 2.18. The molecular weight excluding hydrogens is 466 g/mol. The minimum Gasteiger partial charge on any atom is -0.469 e. The summed E-state index contributed by atoms with van der Waals surface area (Å²) in [6.07, 6.45) is 4.06. The third-order valence-electron chi connectivity index (χ3n) is 7.39. The summed E-state index contributed by atoms with van der Waals surface area (Å²) in [5.74, 6) is -0.925. The van der Waals surface area contributed by atoms with Crippen LogP contribution < -0.4 is 0 Å². The van der Waals surface area contributed by atoms with Crippen LogP contribution in [0.25, 0.3) is 0 Å². The van der Waals surface area contributed by atoms with Crippen LogP contribution >= 0.6 is 0 Å². The molecule has 2 saturated heterocycles. The van der Waals surface area contributed by atoms with Gasteiger partial charge in [0.1, 0.15) is 5.60 Å². The summed E-state index contributed by atoms with van der Waals surface area (Å²) in [4.78, 5) is 27.0. The van der Waals surface area contributed by atoms with E-state index in [1.165, 1.54) is 7.11 Å². The van der Waals surface area contributed by atoms with Gasteiger partial charge in [-0.3, -0.25) is 4.79 Å². The van der Waals surface area contributed by atoms with E-state index in [2.05, 4.69) is 33.9 Å². The van der Waals surface area contributed by atoms with Gasteiger partial charge in [0.25, 0.3) is 0 Å². The van der Waals surface area contributed by atoms with E-state index in [1.54, 1.807) is 0 Å². The number of hydrogen-bond donors (Lipinski definition) is 0. The normalized spacial score (nSPS) is 22.9. The molecule has 2 aliphatic rings. The number of likely N-dealkylation sites (tertiary alicyclic amines) is 1. The van der Waals surface area contributed by atoms with E-state index < -0.39 is 19.7 Å². The molecule has 8 nitrogen and oxygen atoms in total. The summed E-state index contributed by atoms with van der Waals surface area (Å²) in [7, 11) is -0.442. The Morgan fingerprint density at radius 1 is 0.971 bits per heavy atom. The van der Waals surface area contributed by atoms with Crippen LogP contribution in [0.4, 0.5) is 4.79 Å². The Kier molecular flexibility index (Phi) is 10.2. The lowest BCUT2D eigenvalue weighted by atomic mass is 9.86. The second-order valence-corrected chi connectivity index (χ2v) is 17.2. The molecule has 2 atom stereocenters. The number of hydrogen-bond acceptors (Lipinski definition) is 7. The van der Waals surface area contributed by atoms with E-state index >= 15 is 0 Å². The van der Waals surface area contributed by atoms with Crippen LogP contribution in [0.1, 0.15) is 86.5 Å². The fraction of sp³-hybridized carbons (Fsp3) is 0.923. The van der Waals surface area contributed by atoms with Crippen molar-refractivity contribution >= 4 is 20.4 Å². The van der Waals surface area contributed by atoms with Crippen molar-refractivity contribution in [1.82, 2.24) is 4.90 Å². The highest BCUT2D eigenvalue weighted by molar-refractivity contribution is 6.74. The number of nitrogens with zero attached hydrogens (tertiary/aromatic N) is 1. The molecular formula is C26H49NO7Si. The molecule has 2 rings (SSSR count). The fourth-order valence-corrected chi connectivity index (χ4v) is 5.66. The zero-order valence-corrected chi connectivity index (χ0v) is 24.5. The molecule has 0 bridgehead atoms. The second kappa shape index (κ2) is 11.9. The molecule has 0 radical (unpaired) electrons. The van der Waals surface area contributed by atoms with Crippen LogP contribution in [0.15, 0.2) is 0 Å². The highest BCUT2D eigenvalue weighted by Gasteiger charge is 2.50. The van der Waals surface area contributed by atoms with Crippen molar-refractivity contribution in [2.45, 2.75) is 128 Å². The molecule has 0 saturated carbocycles. The minimum absolute atomic E-state index is 0.0946. The van der Waals surface area contributed by atoms with Crippen LogP contribution in [0.2, 0.25) is 18.1 Å². The minimum atomic E-state index is -1.84. The van der Waals surface area contributed by atoms with E-state index in [9.17, 15) is 9.59 Å². The molecule has 1 spiro atoms. The lowest BCUT2D eigenvalue weighted by Gasteiger charge is -2.48. The summed E-state index contributed by atoms with van der Waals surface area (Å²) in [5.41, 5.74) is -0.598. The molecule has 0 unspecified atom stereocenters. The maximum Gasteiger partial charge on any atom is 0.410 e. The predicted molar refractivity (Wildman–Crippen MR) is 138 cm³/mol. The van der Waals surface area contributed by atoms with Gasteiger partial charge in [0.15, 0.2) is 14.1 Å². The number of carbonyl (C=O) groups excluding carboxylic acids is 2. The predicted octanol–water partition coefficient (Wildman–Crippen LogP) is 5.64. The third-order valence-corrected chi connectivity index (χ3v) is 11.9. The Morgan fingerprint density at radius 3 is 2.00 bits per heavy atom. The van der Waals surface area contributed by atoms with Crippen molar-refractivity contribution in [1.29, 1.82) is 0 Å². The van der Waals surface area contributed by atoms with E-state index in [-0.39, 0.29) is 29.2 Å². The number of rotatable bonds is 9. The van der Waals surface area contributed by atoms with E-state index in [0.29, 0.717) is 51.9 Å². The molecule has 2 heterocycles. The number of piperidine rings is 1. The zero-order chi connectivity index (χ0) is 26.5. The van der Waals surface area contributed by atoms with Gasteiger partial charge in [-0.1, -0.05) is 20.8 Å². The summed E-state index contributed by atoms with van der Waals surface area (Å²) in [6, 6.07) is -0.240. The van der Waals surface area contributed by atoms with Gasteiger partial charge in [-0.25, -0.2) is 4.79 Å². The first-order chi connectivity index (χ1) is 16.1. The molecule has 0 N–H and O–H groups in total. The van der Waals surface area contributed by atoms with Gasteiger partial charge < -0.3 is 28.3 Å². The maximum absolute atomic E-state index is 13.4. The molecule has 0 aromatic rings. The van der Waals surface area contributed by atoms with Gasteiger partial charge in [-0.2, -0.15) is 0 Å². The van der Waals surface area contributed by atoms with Crippen LogP contribution in [0.5, 0.6) is 0 Å². The first-order valence-electron chi connectivity index (χ1n) is 13.1. The quantitative estimate of drug-likeness (QED) is 0.223. The van der Waals surface area contributed by atoms with E-state index in [0.717, 1.165) is 12.8 Å². The standard InChI is InChI=1S/C26H49NO7Si/c1-24(2,3)34-23(29)27-20(12-10-14-22(28)30-7)18-26(31-16-17-32-26)19-21(27)13-11-15-33-35(8,9)25(4,5)6/h20-21H,10-19H2,1-9H3/t20-,21-/m0/s1. The molecule has 0 aliphatic carbocycles. The smallest absolute Gasteiger partial charge is 0.410 e. The average Bonchev–Trinajstić information content (AvgIpc) is 3.16. The molecule has 204 valence electrons. The number of carbonyl (C=O) groups is 2. The van der Waals surface area contributed by atoms with Crippen LogP contribution in [0.3, 0.4) is 0 Å². The van der Waals surface area contributed by atoms with Crippen molar-refractivity contribution < 1.29 is 33.0 Å². The van der Waals surface area contributed by atoms with E-state index in [4.69, 9.17) is 23.4 Å². The van der Waals surface area contributed by atoms with Crippen molar-refractivity contribution in [2.75, 3.05) is 26.9 Å². The molecule has 35 heavy (non-hydrogen) atoms. The number of esters is 1. The van der Waals surface area contributed by atoms with Crippen molar-refractivity contribution in [3.63, 3.8) is 0 Å². The molecule has 2 aliphatic heterocycles.